The van der Waals surface area contributed by atoms with Crippen molar-refractivity contribution in [3.8, 4) is 11.5 Å². The molecule has 2 heterocycles. The number of hydrogen-bond acceptors (Lipinski definition) is 8. The van der Waals surface area contributed by atoms with Crippen molar-refractivity contribution in [2.45, 2.75) is 13.2 Å². The van der Waals surface area contributed by atoms with Gasteiger partial charge < -0.3 is 73.1 Å². The summed E-state index contributed by atoms with van der Waals surface area (Å²) in [5, 5.41) is 21.1. The molecule has 0 atom stereocenters. The molecule has 0 unspecified atom stereocenters. The van der Waals surface area contributed by atoms with E-state index in [0.29, 0.717) is 24.7 Å². The largest absolute Gasteiger partial charge is 2.00 e. The third-order valence-corrected chi connectivity index (χ3v) is 4.41. The van der Waals surface area contributed by atoms with Crippen molar-refractivity contribution in [1.82, 2.24) is 9.97 Å². The van der Waals surface area contributed by atoms with Gasteiger partial charge in [0.05, 0.1) is 23.3 Å². The van der Waals surface area contributed by atoms with E-state index in [4.69, 9.17) is 9.47 Å². The number of carbonyl (C=O) groups is 2. The number of benzene rings is 2. The van der Waals surface area contributed by atoms with Gasteiger partial charge in [0.1, 0.15) is 24.7 Å². The molecule has 4 aromatic rings. The zero-order valence-corrected chi connectivity index (χ0v) is 23.8. The third kappa shape index (κ3) is 19.3. The maximum absolute atomic E-state index is 10.5. The minimum absolute atomic E-state index is 0. The fourth-order valence-corrected chi connectivity index (χ4v) is 2.66. The van der Waals surface area contributed by atoms with Crippen LogP contribution in [-0.4, -0.2) is 32.9 Å². The predicted molar refractivity (Wildman–Crippen MR) is 155 cm³/mol. The molecular weight excluding hydrogens is 623 g/mol. The molecule has 22 N–H and O–H groups in total. The van der Waals surface area contributed by atoms with Crippen LogP contribution in [0, 0.1) is 0 Å². The van der Waals surface area contributed by atoms with E-state index >= 15 is 0 Å². The topological polar surface area (TPSA) is 386 Å². The number of rotatable bonds is 8. The first-order valence-corrected chi connectivity index (χ1v) is 10.2. The monoisotopic (exact) mass is 665 g/mol. The standard InChI is InChI=1S/2C13H11NO3.Co.8H2O/c2*15-13(16)10-4-6-12(7-5-10)17-9-11-3-1-2-8-14-11;;;;;;;;;/h2*1-8H,9H2,(H,15,16);;8*1H2/q;;+2;;;;;;;;/p+4. The summed E-state index contributed by atoms with van der Waals surface area (Å²) in [7, 11) is 0. The Morgan fingerprint density at radius 2 is 0.837 bits per heavy atom. The number of aromatic carboxylic acids is 2. The number of ether oxygens (including phenoxy) is 2. The smallest absolute Gasteiger partial charge is 0.545 e. The average molecular weight is 666 g/mol. The van der Waals surface area contributed by atoms with Gasteiger partial charge in [-0.1, -0.05) is 12.1 Å². The van der Waals surface area contributed by atoms with Crippen molar-refractivity contribution in [2.24, 2.45) is 0 Å². The quantitative estimate of drug-likeness (QED) is 0.163. The Balaban J connectivity index is -0.0000000997. The van der Waals surface area contributed by atoms with E-state index in [9.17, 15) is 19.8 Å². The van der Waals surface area contributed by atoms with E-state index < -0.39 is 11.9 Å². The fourth-order valence-electron chi connectivity index (χ4n) is 2.66. The van der Waals surface area contributed by atoms with E-state index in [2.05, 4.69) is 9.97 Å². The van der Waals surface area contributed by atoms with Gasteiger partial charge in [0.15, 0.2) is 0 Å². The number of pyridine rings is 2. The van der Waals surface area contributed by atoms with E-state index in [1.54, 1.807) is 36.7 Å². The van der Waals surface area contributed by atoms with Gasteiger partial charge in [-0.25, -0.2) is 0 Å². The molecule has 0 spiro atoms. The van der Waals surface area contributed by atoms with Crippen molar-refractivity contribution in [3.63, 3.8) is 0 Å². The van der Waals surface area contributed by atoms with Crippen LogP contribution in [0.2, 0.25) is 0 Å². The summed E-state index contributed by atoms with van der Waals surface area (Å²) in [6.45, 7) is 0.705. The Bertz CT molecular complexity index is 1110. The number of carbonyl (C=O) groups excluding carboxylic acids is 2. The molecule has 43 heavy (non-hydrogen) atoms. The summed E-state index contributed by atoms with van der Waals surface area (Å²) < 4.78 is 10.9. The SMILES string of the molecule is O.O.O=C([O-])c1ccc(OCc2ccccn2)cc1.O=C([O-])c1ccc(OCc2ccccn2)cc1.[Co+2].[OH3+].[OH3+].[OH3+].[OH3+].[OH3+].[OH3+]. The van der Waals surface area contributed by atoms with Crippen LogP contribution in [0.25, 0.3) is 0 Å². The first-order valence-electron chi connectivity index (χ1n) is 10.2. The molecule has 0 amide bonds. The summed E-state index contributed by atoms with van der Waals surface area (Å²) >= 11 is 0. The number of aromatic nitrogens is 2. The average Bonchev–Trinajstić information content (AvgIpc) is 2.88. The van der Waals surface area contributed by atoms with Gasteiger partial charge in [-0.3, -0.25) is 9.97 Å². The molecule has 1 radical (unpaired) electrons. The van der Waals surface area contributed by atoms with Gasteiger partial charge in [-0.2, -0.15) is 0 Å². The normalized spacial score (nSPS) is 7.81. The molecule has 17 heteroatoms. The second-order valence-corrected chi connectivity index (χ2v) is 6.84. The summed E-state index contributed by atoms with van der Waals surface area (Å²) in [6.07, 6.45) is 3.38. The minimum atomic E-state index is -1.19. The molecule has 0 bridgehead atoms. The minimum Gasteiger partial charge on any atom is -0.545 e. The number of hydrogen-bond donors (Lipinski definition) is 0. The molecule has 0 saturated carbocycles. The Morgan fingerprint density at radius 3 is 1.07 bits per heavy atom. The van der Waals surface area contributed by atoms with E-state index in [0.717, 1.165) is 11.4 Å². The van der Waals surface area contributed by atoms with Gasteiger partial charge in [-0.15, -0.1) is 0 Å². The number of nitrogens with zero attached hydrogens (tertiary/aromatic N) is 2. The Hall–Kier alpha value is -4.53. The molecule has 2 aromatic carbocycles. The Kier molecular flexibility index (Phi) is 36.7. The van der Waals surface area contributed by atoms with Crippen molar-refractivity contribution < 1.29 is 89.9 Å². The molecular formula is C26H42CoN2O14+6. The molecule has 0 aliphatic rings. The van der Waals surface area contributed by atoms with Crippen LogP contribution in [0.1, 0.15) is 32.1 Å². The van der Waals surface area contributed by atoms with Crippen LogP contribution in [0.3, 0.4) is 0 Å². The zero-order valence-electron chi connectivity index (χ0n) is 22.8. The number of carboxylic acid groups (broad SMARTS) is 2. The van der Waals surface area contributed by atoms with Crippen molar-refractivity contribution in [2.75, 3.05) is 0 Å². The maximum Gasteiger partial charge on any atom is 2.00 e. The van der Waals surface area contributed by atoms with Crippen LogP contribution in [-0.2, 0) is 62.8 Å². The predicted octanol–water partition coefficient (Wildman–Crippen LogP) is -5.14. The van der Waals surface area contributed by atoms with Crippen molar-refractivity contribution in [3.05, 3.63) is 120 Å². The molecule has 16 nitrogen and oxygen atoms in total. The zero-order chi connectivity index (χ0) is 24.2. The summed E-state index contributed by atoms with van der Waals surface area (Å²) in [4.78, 5) is 29.3. The van der Waals surface area contributed by atoms with E-state index in [1.165, 1.54) is 24.3 Å². The van der Waals surface area contributed by atoms with Gasteiger partial charge in [0.25, 0.3) is 0 Å². The van der Waals surface area contributed by atoms with Gasteiger partial charge in [-0.05, 0) is 83.9 Å². The Morgan fingerprint density at radius 1 is 0.535 bits per heavy atom. The number of carboxylic acids is 2. The molecule has 2 aromatic heterocycles. The summed E-state index contributed by atoms with van der Waals surface area (Å²) in [5.74, 6) is -1.19. The summed E-state index contributed by atoms with van der Waals surface area (Å²) in [5.41, 5.74) is 1.90. The van der Waals surface area contributed by atoms with E-state index in [1.807, 2.05) is 36.4 Å². The Labute approximate surface area is 256 Å². The fraction of sp³-hybridized carbons (Fsp3) is 0.0769. The molecule has 0 saturated heterocycles. The van der Waals surface area contributed by atoms with Crippen molar-refractivity contribution >= 4 is 11.9 Å². The third-order valence-electron chi connectivity index (χ3n) is 4.41. The van der Waals surface area contributed by atoms with Crippen LogP contribution >= 0.6 is 0 Å². The van der Waals surface area contributed by atoms with Crippen LogP contribution in [0.4, 0.5) is 0 Å². The van der Waals surface area contributed by atoms with Crippen LogP contribution < -0.4 is 19.7 Å². The first kappa shape index (κ1) is 54.5. The van der Waals surface area contributed by atoms with Gasteiger partial charge >= 0.3 is 16.8 Å². The second kappa shape index (κ2) is 29.0. The second-order valence-electron chi connectivity index (χ2n) is 6.84. The van der Waals surface area contributed by atoms with E-state index in [-0.39, 0.29) is 71.7 Å². The van der Waals surface area contributed by atoms with Gasteiger partial charge in [0, 0.05) is 12.4 Å². The molecule has 0 aliphatic heterocycles. The van der Waals surface area contributed by atoms with Crippen LogP contribution in [0.15, 0.2) is 97.3 Å². The summed E-state index contributed by atoms with van der Waals surface area (Å²) in [6, 6.07) is 23.3. The molecule has 0 fully saturated rings. The molecule has 4 rings (SSSR count). The first-order chi connectivity index (χ1) is 16.5. The molecule has 0 aliphatic carbocycles. The maximum atomic E-state index is 10.5. The molecule has 243 valence electrons. The van der Waals surface area contributed by atoms with Crippen LogP contribution in [0.5, 0.6) is 11.5 Å². The van der Waals surface area contributed by atoms with Crippen molar-refractivity contribution in [1.29, 1.82) is 0 Å². The van der Waals surface area contributed by atoms with Gasteiger partial charge in [0.2, 0.25) is 0 Å².